The third-order valence-electron chi connectivity index (χ3n) is 3.53. The molecule has 3 rings (SSSR count). The first-order valence-electron chi connectivity index (χ1n) is 7.44. The minimum absolute atomic E-state index is 0.112. The van der Waals surface area contributed by atoms with Crippen molar-refractivity contribution >= 4 is 49.7 Å². The van der Waals surface area contributed by atoms with E-state index in [-0.39, 0.29) is 19.2 Å². The Labute approximate surface area is 161 Å². The number of hydrogen-bond acceptors (Lipinski definition) is 5. The van der Waals surface area contributed by atoms with E-state index in [1.165, 1.54) is 0 Å². The molecule has 0 atom stereocenters. The lowest BCUT2D eigenvalue weighted by atomic mass is 10.2. The number of hydrogen-bond donors (Lipinski definition) is 2. The molecule has 2 aromatic rings. The van der Waals surface area contributed by atoms with Crippen LogP contribution in [0.5, 0.6) is 11.5 Å². The average molecular weight is 469 g/mol. The first-order chi connectivity index (χ1) is 12.0. The quantitative estimate of drug-likeness (QED) is 0.517. The van der Waals surface area contributed by atoms with Crippen LogP contribution in [0.1, 0.15) is 11.1 Å². The van der Waals surface area contributed by atoms with E-state index in [4.69, 9.17) is 9.47 Å². The van der Waals surface area contributed by atoms with Crippen LogP contribution in [0.25, 0.3) is 0 Å². The number of nitrogens with zero attached hydrogens (tertiary/aromatic N) is 1. The first-order valence-corrected chi connectivity index (χ1v) is 9.02. The molecule has 2 aromatic carbocycles. The molecule has 130 valence electrons. The fourth-order valence-electron chi connectivity index (χ4n) is 2.14. The summed E-state index contributed by atoms with van der Waals surface area (Å²) in [6.45, 7) is 2.33. The second-order valence-electron chi connectivity index (χ2n) is 5.32. The number of amides is 1. The molecule has 0 aliphatic carbocycles. The Morgan fingerprint density at radius 3 is 2.68 bits per heavy atom. The van der Waals surface area contributed by atoms with Crippen LogP contribution in [-0.4, -0.2) is 25.5 Å². The molecule has 0 fully saturated rings. The number of fused-ring (bicyclic) bond motifs is 1. The zero-order chi connectivity index (χ0) is 17.8. The van der Waals surface area contributed by atoms with Gasteiger partial charge in [-0.05, 0) is 48.4 Å². The van der Waals surface area contributed by atoms with Crippen LogP contribution >= 0.6 is 31.9 Å². The monoisotopic (exact) mass is 467 g/mol. The summed E-state index contributed by atoms with van der Waals surface area (Å²) < 4.78 is 12.5. The summed E-state index contributed by atoms with van der Waals surface area (Å²) in [4.78, 5) is 11.9. The third kappa shape index (κ3) is 4.52. The van der Waals surface area contributed by atoms with E-state index in [0.29, 0.717) is 11.5 Å². The van der Waals surface area contributed by atoms with E-state index in [1.807, 2.05) is 25.1 Å². The van der Waals surface area contributed by atoms with Gasteiger partial charge in [-0.2, -0.15) is 5.10 Å². The van der Waals surface area contributed by atoms with Crippen molar-refractivity contribution in [2.75, 3.05) is 18.7 Å². The Hall–Kier alpha value is -2.06. The molecule has 0 saturated carbocycles. The van der Waals surface area contributed by atoms with E-state index in [2.05, 4.69) is 47.7 Å². The van der Waals surface area contributed by atoms with Gasteiger partial charge in [-0.3, -0.25) is 4.79 Å². The van der Waals surface area contributed by atoms with Crippen molar-refractivity contribution in [2.45, 2.75) is 6.92 Å². The summed E-state index contributed by atoms with van der Waals surface area (Å²) in [6, 6.07) is 9.28. The summed E-state index contributed by atoms with van der Waals surface area (Å²) in [5.74, 6) is 1.14. The van der Waals surface area contributed by atoms with Gasteiger partial charge in [-0.1, -0.05) is 31.9 Å². The number of carbonyl (C=O) groups is 1. The first kappa shape index (κ1) is 17.8. The number of rotatable bonds is 5. The molecule has 1 aliphatic rings. The summed E-state index contributed by atoms with van der Waals surface area (Å²) >= 11 is 6.96. The highest BCUT2D eigenvalue weighted by Crippen LogP contribution is 2.32. The molecular weight excluding hydrogens is 454 g/mol. The topological polar surface area (TPSA) is 72.0 Å². The number of carbonyl (C=O) groups excluding carboxylic acids is 1. The number of nitrogens with one attached hydrogen (secondary N) is 2. The van der Waals surface area contributed by atoms with Gasteiger partial charge >= 0.3 is 0 Å². The minimum atomic E-state index is -0.246. The maximum absolute atomic E-state index is 11.9. The van der Waals surface area contributed by atoms with Gasteiger partial charge in [0.25, 0.3) is 5.91 Å². The zero-order valence-electron chi connectivity index (χ0n) is 13.3. The molecule has 0 aromatic heterocycles. The van der Waals surface area contributed by atoms with Crippen molar-refractivity contribution in [3.63, 3.8) is 0 Å². The van der Waals surface area contributed by atoms with Crippen LogP contribution < -0.4 is 20.2 Å². The van der Waals surface area contributed by atoms with E-state index in [9.17, 15) is 4.79 Å². The van der Waals surface area contributed by atoms with Crippen LogP contribution in [0.2, 0.25) is 0 Å². The van der Waals surface area contributed by atoms with Crippen molar-refractivity contribution in [3.8, 4) is 11.5 Å². The Balaban J connectivity index is 1.51. The number of hydrazone groups is 1. The Kier molecular flexibility index (Phi) is 5.60. The largest absolute Gasteiger partial charge is 0.454 e. The Bertz CT molecular complexity index is 817. The lowest BCUT2D eigenvalue weighted by Crippen LogP contribution is -2.25. The molecule has 25 heavy (non-hydrogen) atoms. The van der Waals surface area contributed by atoms with Gasteiger partial charge < -0.3 is 14.8 Å². The number of anilines is 1. The zero-order valence-corrected chi connectivity index (χ0v) is 16.5. The van der Waals surface area contributed by atoms with Crippen LogP contribution in [0.3, 0.4) is 0 Å². The molecule has 0 bridgehead atoms. The fraction of sp³-hybridized carbons (Fsp3) is 0.176. The van der Waals surface area contributed by atoms with E-state index < -0.39 is 0 Å². The summed E-state index contributed by atoms with van der Waals surface area (Å²) in [6.07, 6.45) is 1.55. The van der Waals surface area contributed by atoms with Gasteiger partial charge in [0.05, 0.1) is 12.8 Å². The summed E-state index contributed by atoms with van der Waals surface area (Å²) in [7, 11) is 0. The summed E-state index contributed by atoms with van der Waals surface area (Å²) in [5.41, 5.74) is 5.22. The number of ether oxygens (including phenoxy) is 2. The maximum Gasteiger partial charge on any atom is 0.259 e. The van der Waals surface area contributed by atoms with E-state index in [0.717, 1.165) is 25.8 Å². The second-order valence-corrected chi connectivity index (χ2v) is 7.03. The molecule has 0 spiro atoms. The highest BCUT2D eigenvalue weighted by Gasteiger charge is 2.12. The van der Waals surface area contributed by atoms with Crippen LogP contribution in [0.4, 0.5) is 5.69 Å². The van der Waals surface area contributed by atoms with Gasteiger partial charge in [0.1, 0.15) is 0 Å². The molecule has 1 heterocycles. The summed E-state index contributed by atoms with van der Waals surface area (Å²) in [5, 5.41) is 7.00. The Morgan fingerprint density at radius 1 is 1.20 bits per heavy atom. The SMILES string of the molecule is Cc1c(Br)cc(NCC(=O)N/N=C/c2ccc3c(c2)OCO3)cc1Br. The van der Waals surface area contributed by atoms with E-state index in [1.54, 1.807) is 18.3 Å². The van der Waals surface area contributed by atoms with Crippen molar-refractivity contribution in [3.05, 3.63) is 50.4 Å². The normalized spacial score (nSPS) is 12.4. The average Bonchev–Trinajstić information content (AvgIpc) is 3.05. The predicted octanol–water partition coefficient (Wildman–Crippen LogP) is 3.81. The van der Waals surface area contributed by atoms with E-state index >= 15 is 0 Å². The van der Waals surface area contributed by atoms with Gasteiger partial charge in [0.2, 0.25) is 6.79 Å². The molecule has 0 saturated heterocycles. The third-order valence-corrected chi connectivity index (χ3v) is 5.18. The molecule has 1 amide bonds. The molecule has 0 unspecified atom stereocenters. The number of halogens is 2. The minimum Gasteiger partial charge on any atom is -0.454 e. The van der Waals surface area contributed by atoms with Crippen molar-refractivity contribution in [1.29, 1.82) is 0 Å². The predicted molar refractivity (Wildman–Crippen MR) is 103 cm³/mol. The molecule has 1 aliphatic heterocycles. The molecule has 6 nitrogen and oxygen atoms in total. The van der Waals surface area contributed by atoms with Crippen molar-refractivity contribution < 1.29 is 14.3 Å². The molecule has 2 N–H and O–H groups in total. The number of benzene rings is 2. The second kappa shape index (κ2) is 7.88. The van der Waals surface area contributed by atoms with Crippen LogP contribution in [0, 0.1) is 6.92 Å². The van der Waals surface area contributed by atoms with Crippen molar-refractivity contribution in [2.24, 2.45) is 5.10 Å². The standard InChI is InChI=1S/C17H15Br2N3O3/c1-10-13(18)5-12(6-14(10)19)20-8-17(23)22-21-7-11-2-3-15-16(4-11)25-9-24-15/h2-7,20H,8-9H2,1H3,(H,22,23)/b21-7+. The smallest absolute Gasteiger partial charge is 0.259 e. The van der Waals surface area contributed by atoms with Gasteiger partial charge in [-0.15, -0.1) is 0 Å². The molecular formula is C17H15Br2N3O3. The molecule has 8 heteroatoms. The fourth-order valence-corrected chi connectivity index (χ4v) is 3.33. The molecule has 0 radical (unpaired) electrons. The Morgan fingerprint density at radius 2 is 1.92 bits per heavy atom. The van der Waals surface area contributed by atoms with Crippen LogP contribution in [-0.2, 0) is 4.79 Å². The van der Waals surface area contributed by atoms with Gasteiger partial charge in [-0.25, -0.2) is 5.43 Å². The van der Waals surface area contributed by atoms with Gasteiger partial charge in [0, 0.05) is 14.6 Å². The van der Waals surface area contributed by atoms with Crippen molar-refractivity contribution in [1.82, 2.24) is 5.43 Å². The lowest BCUT2D eigenvalue weighted by molar-refractivity contribution is -0.119. The van der Waals surface area contributed by atoms with Crippen LogP contribution in [0.15, 0.2) is 44.4 Å². The lowest BCUT2D eigenvalue weighted by Gasteiger charge is -2.09. The maximum atomic E-state index is 11.9. The highest BCUT2D eigenvalue weighted by atomic mass is 79.9. The highest BCUT2D eigenvalue weighted by molar-refractivity contribution is 9.11. The van der Waals surface area contributed by atoms with Gasteiger partial charge in [0.15, 0.2) is 11.5 Å².